The Kier molecular flexibility index (Phi) is 6.75. The number of amides is 1. The number of anilines is 1. The van der Waals surface area contributed by atoms with Crippen molar-refractivity contribution in [1.29, 1.82) is 0 Å². The van der Waals surface area contributed by atoms with E-state index in [-0.39, 0.29) is 5.91 Å². The molecule has 2 aliphatic rings. The zero-order valence-electron chi connectivity index (χ0n) is 20.3. The summed E-state index contributed by atoms with van der Waals surface area (Å²) in [5.41, 5.74) is 3.96. The number of amidine groups is 1. The third kappa shape index (κ3) is 4.79. The van der Waals surface area contributed by atoms with Crippen LogP contribution in [0.2, 0.25) is 5.02 Å². The van der Waals surface area contributed by atoms with Gasteiger partial charge in [0.05, 0.1) is 26.6 Å². The van der Waals surface area contributed by atoms with Gasteiger partial charge in [0.25, 0.3) is 5.91 Å². The van der Waals surface area contributed by atoms with Gasteiger partial charge in [0.1, 0.15) is 9.93 Å². The summed E-state index contributed by atoms with van der Waals surface area (Å²) in [5, 5.41) is 3.35. The summed E-state index contributed by atoms with van der Waals surface area (Å²) in [6.07, 6.45) is 0.750. The molecule has 186 valence electrons. The van der Waals surface area contributed by atoms with Crippen LogP contribution in [0.3, 0.4) is 0 Å². The fourth-order valence-electron chi connectivity index (χ4n) is 4.45. The van der Waals surface area contributed by atoms with E-state index < -0.39 is 0 Å². The SMILES string of the molecule is CCN1/C(=C2/SC(=Nc3ccc4sc(C)nc4c3)N(CCc3ccccc3)C2=O)Sc2ccc(Cl)cc21. The summed E-state index contributed by atoms with van der Waals surface area (Å²) in [5.74, 6) is -0.00915. The van der Waals surface area contributed by atoms with E-state index in [0.717, 1.165) is 49.5 Å². The van der Waals surface area contributed by atoms with Gasteiger partial charge in [-0.25, -0.2) is 9.98 Å². The second-order valence-corrected chi connectivity index (χ2v) is 12.3. The Labute approximate surface area is 233 Å². The number of hydrogen-bond acceptors (Lipinski definition) is 7. The van der Waals surface area contributed by atoms with Gasteiger partial charge in [-0.15, -0.1) is 11.3 Å². The van der Waals surface area contributed by atoms with Crippen LogP contribution < -0.4 is 4.90 Å². The Bertz CT molecular complexity index is 1580. The average molecular weight is 563 g/mol. The summed E-state index contributed by atoms with van der Waals surface area (Å²) in [7, 11) is 0. The lowest BCUT2D eigenvalue weighted by molar-refractivity contribution is -0.122. The molecule has 1 amide bonds. The van der Waals surface area contributed by atoms with Crippen LogP contribution in [0.15, 0.2) is 86.6 Å². The van der Waals surface area contributed by atoms with E-state index in [2.05, 4.69) is 35.0 Å². The number of rotatable bonds is 5. The molecule has 0 N–H and O–H groups in total. The summed E-state index contributed by atoms with van der Waals surface area (Å²) < 4.78 is 1.14. The van der Waals surface area contributed by atoms with Crippen molar-refractivity contribution in [3.63, 3.8) is 0 Å². The van der Waals surface area contributed by atoms with Crippen LogP contribution in [-0.2, 0) is 11.2 Å². The summed E-state index contributed by atoms with van der Waals surface area (Å²) >= 11 is 11.0. The van der Waals surface area contributed by atoms with Gasteiger partial charge in [0, 0.05) is 23.0 Å². The minimum Gasteiger partial charge on any atom is -0.334 e. The highest BCUT2D eigenvalue weighted by molar-refractivity contribution is 8.19. The molecule has 2 aliphatic heterocycles. The Hall–Kier alpha value is -2.78. The topological polar surface area (TPSA) is 48.8 Å². The fraction of sp³-hybridized carbons (Fsp3) is 0.179. The maximum absolute atomic E-state index is 13.9. The van der Waals surface area contributed by atoms with Crippen LogP contribution in [-0.4, -0.2) is 34.0 Å². The van der Waals surface area contributed by atoms with Crippen LogP contribution in [0.4, 0.5) is 11.4 Å². The Morgan fingerprint density at radius 1 is 1.00 bits per heavy atom. The van der Waals surface area contributed by atoms with E-state index in [9.17, 15) is 4.79 Å². The van der Waals surface area contributed by atoms with Crippen molar-refractivity contribution >= 4 is 79.1 Å². The number of thiazole rings is 1. The van der Waals surface area contributed by atoms with Gasteiger partial charge in [0.15, 0.2) is 5.17 Å². The minimum absolute atomic E-state index is 0.00915. The molecule has 5 nitrogen and oxygen atoms in total. The maximum atomic E-state index is 13.9. The van der Waals surface area contributed by atoms with Gasteiger partial charge in [-0.2, -0.15) is 0 Å². The smallest absolute Gasteiger partial charge is 0.269 e. The average Bonchev–Trinajstić information content (AvgIpc) is 3.54. The first-order valence-corrected chi connectivity index (χ1v) is 14.8. The first kappa shape index (κ1) is 24.6. The molecule has 0 unspecified atom stereocenters. The molecule has 1 aromatic heterocycles. The van der Waals surface area contributed by atoms with Crippen LogP contribution in [0.25, 0.3) is 10.2 Å². The van der Waals surface area contributed by atoms with Crippen molar-refractivity contribution in [1.82, 2.24) is 9.88 Å². The molecule has 0 radical (unpaired) electrons. The van der Waals surface area contributed by atoms with Crippen LogP contribution in [0, 0.1) is 6.92 Å². The molecule has 1 fully saturated rings. The Balaban J connectivity index is 1.39. The number of benzene rings is 3. The van der Waals surface area contributed by atoms with E-state index in [1.807, 2.05) is 60.4 Å². The van der Waals surface area contributed by atoms with Gasteiger partial charge in [-0.05, 0) is 74.0 Å². The van der Waals surface area contributed by atoms with Gasteiger partial charge in [-0.1, -0.05) is 53.7 Å². The number of aliphatic imine (C=N–C) groups is 1. The summed E-state index contributed by atoms with van der Waals surface area (Å²) in [6.45, 7) is 5.40. The standard InChI is InChI=1S/C28H23ClN4OS3/c1-3-32-22-15-19(29)9-11-24(22)36-27(32)25-26(34)33(14-13-18-7-5-4-6-8-18)28(37-25)31-20-10-12-23-21(16-20)30-17(2)35-23/h4-12,15-16H,3,13-14H2,1-2H3/b27-25-,31-28?. The molecule has 0 bridgehead atoms. The fourth-order valence-corrected chi connectivity index (χ4v) is 7.82. The number of hydrogen-bond donors (Lipinski definition) is 0. The normalized spacial score (nSPS) is 18.5. The highest BCUT2D eigenvalue weighted by Crippen LogP contribution is 2.51. The molecule has 4 aromatic rings. The van der Waals surface area contributed by atoms with Gasteiger partial charge in [-0.3, -0.25) is 9.69 Å². The number of aromatic nitrogens is 1. The van der Waals surface area contributed by atoms with Crippen LogP contribution in [0.5, 0.6) is 0 Å². The van der Waals surface area contributed by atoms with E-state index in [0.29, 0.717) is 21.6 Å². The molecule has 3 aromatic carbocycles. The molecular weight excluding hydrogens is 540 g/mol. The molecule has 1 saturated heterocycles. The van der Waals surface area contributed by atoms with Crippen LogP contribution >= 0.6 is 46.5 Å². The largest absolute Gasteiger partial charge is 0.334 e. The van der Waals surface area contributed by atoms with E-state index in [4.69, 9.17) is 16.6 Å². The molecule has 3 heterocycles. The first-order chi connectivity index (χ1) is 18.0. The lowest BCUT2D eigenvalue weighted by Crippen LogP contribution is -2.32. The minimum atomic E-state index is -0.00915. The molecule has 9 heteroatoms. The zero-order valence-corrected chi connectivity index (χ0v) is 23.5. The lowest BCUT2D eigenvalue weighted by Gasteiger charge is -2.19. The molecular formula is C28H23ClN4OS3. The summed E-state index contributed by atoms with van der Waals surface area (Å²) in [4.78, 5) is 29.3. The number of carbonyl (C=O) groups is 1. The second kappa shape index (κ2) is 10.2. The highest BCUT2D eigenvalue weighted by atomic mass is 35.5. The monoisotopic (exact) mass is 562 g/mol. The lowest BCUT2D eigenvalue weighted by atomic mass is 10.1. The van der Waals surface area contributed by atoms with E-state index in [1.54, 1.807) is 23.1 Å². The second-order valence-electron chi connectivity index (χ2n) is 8.67. The highest BCUT2D eigenvalue weighted by Gasteiger charge is 2.39. The van der Waals surface area contributed by atoms with E-state index >= 15 is 0 Å². The van der Waals surface area contributed by atoms with Gasteiger partial charge in [0.2, 0.25) is 0 Å². The van der Waals surface area contributed by atoms with Crippen molar-refractivity contribution < 1.29 is 4.79 Å². The van der Waals surface area contributed by atoms with Crippen LogP contribution in [0.1, 0.15) is 17.5 Å². The molecule has 37 heavy (non-hydrogen) atoms. The number of fused-ring (bicyclic) bond motifs is 2. The van der Waals surface area contributed by atoms with Crippen molar-refractivity contribution in [2.75, 3.05) is 18.0 Å². The predicted octanol–water partition coefficient (Wildman–Crippen LogP) is 7.87. The van der Waals surface area contributed by atoms with Crippen molar-refractivity contribution in [3.8, 4) is 0 Å². The quantitative estimate of drug-likeness (QED) is 0.232. The Morgan fingerprint density at radius 2 is 1.84 bits per heavy atom. The first-order valence-electron chi connectivity index (χ1n) is 12.0. The third-order valence-electron chi connectivity index (χ3n) is 6.21. The molecule has 0 spiro atoms. The third-order valence-corrected chi connectivity index (χ3v) is 9.77. The number of halogens is 1. The summed E-state index contributed by atoms with van der Waals surface area (Å²) in [6, 6.07) is 22.2. The number of nitrogens with zero attached hydrogens (tertiary/aromatic N) is 4. The maximum Gasteiger partial charge on any atom is 0.269 e. The number of thioether (sulfide) groups is 2. The van der Waals surface area contributed by atoms with Crippen molar-refractivity contribution in [3.05, 3.63) is 92.3 Å². The van der Waals surface area contributed by atoms with Gasteiger partial charge < -0.3 is 4.90 Å². The molecule has 6 rings (SSSR count). The molecule has 0 aliphatic carbocycles. The van der Waals surface area contributed by atoms with Gasteiger partial charge >= 0.3 is 0 Å². The van der Waals surface area contributed by atoms with Crippen molar-refractivity contribution in [2.24, 2.45) is 4.99 Å². The molecule has 0 saturated carbocycles. The van der Waals surface area contributed by atoms with Crippen molar-refractivity contribution in [2.45, 2.75) is 25.2 Å². The number of aryl methyl sites for hydroxylation is 1. The predicted molar refractivity (Wildman–Crippen MR) is 158 cm³/mol. The number of carbonyl (C=O) groups excluding carboxylic acids is 1. The van der Waals surface area contributed by atoms with E-state index in [1.165, 1.54) is 17.3 Å². The zero-order chi connectivity index (χ0) is 25.5. The molecule has 0 atom stereocenters. The Morgan fingerprint density at radius 3 is 2.65 bits per heavy atom.